The van der Waals surface area contributed by atoms with Gasteiger partial charge in [-0.3, -0.25) is 9.97 Å². The average molecular weight is 376 g/mol. The van der Waals surface area contributed by atoms with E-state index in [1.165, 1.54) is 12.1 Å². The zero-order chi connectivity index (χ0) is 18.6. The molecule has 1 aromatic carbocycles. The van der Waals surface area contributed by atoms with Gasteiger partial charge in [0.25, 0.3) is 0 Å². The second-order valence-electron chi connectivity index (χ2n) is 5.44. The van der Waals surface area contributed by atoms with Crippen molar-refractivity contribution < 1.29 is 17.9 Å². The third-order valence-electron chi connectivity index (χ3n) is 3.71. The highest BCUT2D eigenvalue weighted by Gasteiger charge is 2.29. The Balaban J connectivity index is 1.87. The van der Waals surface area contributed by atoms with Crippen molar-refractivity contribution in [1.82, 2.24) is 9.97 Å². The number of pyridine rings is 2. The van der Waals surface area contributed by atoms with E-state index >= 15 is 0 Å². The summed E-state index contributed by atoms with van der Waals surface area (Å²) in [4.78, 5) is 8.75. The summed E-state index contributed by atoms with van der Waals surface area (Å²) in [5, 5.41) is 0. The summed E-state index contributed by atoms with van der Waals surface area (Å²) in [6, 6.07) is 11.8. The van der Waals surface area contributed by atoms with Crippen LogP contribution < -0.4 is 4.74 Å². The van der Waals surface area contributed by atoms with Crippen molar-refractivity contribution in [2.24, 2.45) is 0 Å². The minimum Gasteiger partial charge on any atom is -0.496 e. The molecule has 0 saturated carbocycles. The van der Waals surface area contributed by atoms with Gasteiger partial charge in [0.1, 0.15) is 5.75 Å². The van der Waals surface area contributed by atoms with Crippen molar-refractivity contribution in [3.8, 4) is 16.9 Å². The number of methoxy groups -OCH3 is 1. The maximum atomic E-state index is 12.4. The molecule has 0 aliphatic carbocycles. The standard InChI is InChI=1S/C19H15F3N2OS/c1-25-18-8-10-23-12-16(18)15-3-2-9-24-17(15)11-13-4-6-14(7-5-13)26-19(20,21)22/h2-10,12H,11H2,1H3. The molecule has 0 aliphatic rings. The molecule has 134 valence electrons. The smallest absolute Gasteiger partial charge is 0.446 e. The molecule has 0 amide bonds. The van der Waals surface area contributed by atoms with Crippen LogP contribution in [0.25, 0.3) is 11.1 Å². The zero-order valence-corrected chi connectivity index (χ0v) is 14.6. The van der Waals surface area contributed by atoms with E-state index in [4.69, 9.17) is 4.74 Å². The fourth-order valence-electron chi connectivity index (χ4n) is 2.59. The normalized spacial score (nSPS) is 11.4. The van der Waals surface area contributed by atoms with Gasteiger partial charge in [0, 0.05) is 41.0 Å². The Morgan fingerprint density at radius 3 is 2.46 bits per heavy atom. The summed E-state index contributed by atoms with van der Waals surface area (Å²) >= 11 is -0.120. The highest BCUT2D eigenvalue weighted by Crippen LogP contribution is 2.37. The fraction of sp³-hybridized carbons (Fsp3) is 0.158. The quantitative estimate of drug-likeness (QED) is 0.562. The van der Waals surface area contributed by atoms with Crippen LogP contribution in [0.15, 0.2) is 66.0 Å². The summed E-state index contributed by atoms with van der Waals surface area (Å²) in [5.41, 5.74) is -0.908. The van der Waals surface area contributed by atoms with Gasteiger partial charge in [-0.15, -0.1) is 0 Å². The van der Waals surface area contributed by atoms with E-state index in [0.717, 1.165) is 22.4 Å². The molecule has 0 N–H and O–H groups in total. The number of thioether (sulfide) groups is 1. The average Bonchev–Trinajstić information content (AvgIpc) is 2.63. The lowest BCUT2D eigenvalue weighted by Gasteiger charge is -2.12. The Labute approximate surface area is 153 Å². The van der Waals surface area contributed by atoms with Gasteiger partial charge in [0.05, 0.1) is 12.8 Å². The Morgan fingerprint density at radius 2 is 1.77 bits per heavy atom. The van der Waals surface area contributed by atoms with Crippen molar-refractivity contribution >= 4 is 11.8 Å². The number of benzene rings is 1. The first kappa shape index (κ1) is 18.3. The van der Waals surface area contributed by atoms with Crippen LogP contribution in [0.4, 0.5) is 13.2 Å². The van der Waals surface area contributed by atoms with E-state index in [9.17, 15) is 13.2 Å². The van der Waals surface area contributed by atoms with Crippen LogP contribution in [0.5, 0.6) is 5.75 Å². The van der Waals surface area contributed by atoms with Crippen LogP contribution >= 0.6 is 11.8 Å². The molecule has 7 heteroatoms. The van der Waals surface area contributed by atoms with Crippen molar-refractivity contribution in [3.05, 3.63) is 72.3 Å². The molecule has 0 atom stereocenters. The minimum absolute atomic E-state index is 0.120. The van der Waals surface area contributed by atoms with Crippen LogP contribution in [-0.2, 0) is 6.42 Å². The number of hydrogen-bond donors (Lipinski definition) is 0. The number of hydrogen-bond acceptors (Lipinski definition) is 4. The van der Waals surface area contributed by atoms with Crippen LogP contribution in [-0.4, -0.2) is 22.6 Å². The molecule has 2 heterocycles. The van der Waals surface area contributed by atoms with E-state index in [-0.39, 0.29) is 16.7 Å². The van der Waals surface area contributed by atoms with Gasteiger partial charge < -0.3 is 4.74 Å². The molecular weight excluding hydrogens is 361 g/mol. The lowest BCUT2D eigenvalue weighted by Crippen LogP contribution is -2.00. The van der Waals surface area contributed by atoms with Crippen molar-refractivity contribution in [2.75, 3.05) is 7.11 Å². The van der Waals surface area contributed by atoms with E-state index < -0.39 is 5.51 Å². The van der Waals surface area contributed by atoms with Gasteiger partial charge in [0.2, 0.25) is 0 Å². The number of aromatic nitrogens is 2. The maximum absolute atomic E-state index is 12.4. The molecule has 0 spiro atoms. The molecule has 0 unspecified atom stereocenters. The Morgan fingerprint density at radius 1 is 1.00 bits per heavy atom. The van der Waals surface area contributed by atoms with Crippen molar-refractivity contribution in [3.63, 3.8) is 0 Å². The van der Waals surface area contributed by atoms with E-state index in [2.05, 4.69) is 9.97 Å². The first-order valence-electron chi connectivity index (χ1n) is 7.73. The zero-order valence-electron chi connectivity index (χ0n) is 13.8. The monoisotopic (exact) mass is 376 g/mol. The largest absolute Gasteiger partial charge is 0.496 e. The van der Waals surface area contributed by atoms with Crippen molar-refractivity contribution in [1.29, 1.82) is 0 Å². The summed E-state index contributed by atoms with van der Waals surface area (Å²) in [5.74, 6) is 0.686. The predicted octanol–water partition coefficient (Wildman–Crippen LogP) is 5.35. The van der Waals surface area contributed by atoms with E-state index in [0.29, 0.717) is 12.2 Å². The van der Waals surface area contributed by atoms with Gasteiger partial charge in [-0.1, -0.05) is 18.2 Å². The van der Waals surface area contributed by atoms with E-state index in [1.807, 2.05) is 12.1 Å². The van der Waals surface area contributed by atoms with E-state index in [1.54, 1.807) is 43.9 Å². The van der Waals surface area contributed by atoms with Gasteiger partial charge >= 0.3 is 5.51 Å². The number of alkyl halides is 3. The highest BCUT2D eigenvalue weighted by atomic mass is 32.2. The lowest BCUT2D eigenvalue weighted by molar-refractivity contribution is -0.0328. The fourth-order valence-corrected chi connectivity index (χ4v) is 3.13. The van der Waals surface area contributed by atoms with Gasteiger partial charge in [-0.25, -0.2) is 0 Å². The molecule has 3 nitrogen and oxygen atoms in total. The molecule has 2 aromatic heterocycles. The lowest BCUT2D eigenvalue weighted by atomic mass is 10.00. The van der Waals surface area contributed by atoms with Crippen molar-refractivity contribution in [2.45, 2.75) is 16.8 Å². The summed E-state index contributed by atoms with van der Waals surface area (Å²) in [6.07, 6.45) is 5.54. The van der Waals surface area contributed by atoms with Crippen LogP contribution in [0.1, 0.15) is 11.3 Å². The Kier molecular flexibility index (Phi) is 5.46. The molecule has 26 heavy (non-hydrogen) atoms. The number of rotatable bonds is 5. The summed E-state index contributed by atoms with van der Waals surface area (Å²) in [6.45, 7) is 0. The van der Waals surface area contributed by atoms with Gasteiger partial charge in [0.15, 0.2) is 0 Å². The Bertz CT molecular complexity index is 882. The molecule has 0 radical (unpaired) electrons. The molecule has 0 aliphatic heterocycles. The van der Waals surface area contributed by atoms with Crippen LogP contribution in [0.3, 0.4) is 0 Å². The molecule has 0 bridgehead atoms. The number of halogens is 3. The molecule has 0 fully saturated rings. The van der Waals surface area contributed by atoms with Crippen LogP contribution in [0.2, 0.25) is 0 Å². The maximum Gasteiger partial charge on any atom is 0.446 e. The third-order valence-corrected chi connectivity index (χ3v) is 4.45. The van der Waals surface area contributed by atoms with Crippen LogP contribution in [0, 0.1) is 0 Å². The number of nitrogens with zero attached hydrogens (tertiary/aromatic N) is 2. The SMILES string of the molecule is COc1ccncc1-c1cccnc1Cc1ccc(SC(F)(F)F)cc1. The molecule has 3 aromatic rings. The minimum atomic E-state index is -4.29. The predicted molar refractivity (Wildman–Crippen MR) is 95.2 cm³/mol. The molecule has 0 saturated heterocycles. The molecular formula is C19H15F3N2OS. The first-order chi connectivity index (χ1) is 12.5. The third kappa shape index (κ3) is 4.54. The summed E-state index contributed by atoms with van der Waals surface area (Å²) in [7, 11) is 1.59. The second-order valence-corrected chi connectivity index (χ2v) is 6.58. The Hall–Kier alpha value is -2.54. The molecule has 3 rings (SSSR count). The number of ether oxygens (including phenoxy) is 1. The first-order valence-corrected chi connectivity index (χ1v) is 8.55. The second kappa shape index (κ2) is 7.78. The summed E-state index contributed by atoms with van der Waals surface area (Å²) < 4.78 is 42.7. The topological polar surface area (TPSA) is 35.0 Å². The highest BCUT2D eigenvalue weighted by molar-refractivity contribution is 8.00. The van der Waals surface area contributed by atoms with Gasteiger partial charge in [-0.05, 0) is 41.6 Å². The van der Waals surface area contributed by atoms with Gasteiger partial charge in [-0.2, -0.15) is 13.2 Å².